The molecule has 1 fully saturated rings. The average molecular weight is 516 g/mol. The molecule has 1 saturated heterocycles. The van der Waals surface area contributed by atoms with Crippen molar-refractivity contribution in [2.75, 3.05) is 61.8 Å². The van der Waals surface area contributed by atoms with Crippen LogP contribution in [0.5, 0.6) is 0 Å². The molecule has 0 radical (unpaired) electrons. The molecule has 1 aliphatic rings. The Hall–Kier alpha value is -3.69. The number of rotatable bonds is 9. The van der Waals surface area contributed by atoms with Gasteiger partial charge >= 0.3 is 0 Å². The minimum Gasteiger partial charge on any atom is -0.369 e. The van der Waals surface area contributed by atoms with Crippen molar-refractivity contribution in [1.29, 1.82) is 0 Å². The van der Waals surface area contributed by atoms with Crippen molar-refractivity contribution in [3.05, 3.63) is 71.1 Å². The number of aromatic nitrogens is 2. The molecule has 0 bridgehead atoms. The van der Waals surface area contributed by atoms with Crippen LogP contribution in [0.15, 0.2) is 60.0 Å². The molecule has 192 valence electrons. The highest BCUT2D eigenvalue weighted by Gasteiger charge is 2.14. The summed E-state index contributed by atoms with van der Waals surface area (Å²) in [5.41, 5.74) is 4.93. The molecule has 9 heteroatoms. The summed E-state index contributed by atoms with van der Waals surface area (Å²) < 4.78 is 1.03. The first-order chi connectivity index (χ1) is 18.0. The molecular weight excluding hydrogens is 482 g/mol. The molecule has 0 unspecified atom stereocenters. The highest BCUT2D eigenvalue weighted by molar-refractivity contribution is 7.17. The van der Waals surface area contributed by atoms with Gasteiger partial charge in [0.05, 0.1) is 10.2 Å². The molecule has 5 rings (SSSR count). The average Bonchev–Trinajstić information content (AvgIpc) is 3.39. The number of thiophene rings is 1. The van der Waals surface area contributed by atoms with Crippen molar-refractivity contribution in [3.8, 4) is 0 Å². The van der Waals surface area contributed by atoms with E-state index in [0.29, 0.717) is 24.6 Å². The molecule has 1 amide bonds. The summed E-state index contributed by atoms with van der Waals surface area (Å²) in [6.45, 7) is 7.56. The zero-order valence-electron chi connectivity index (χ0n) is 21.3. The van der Waals surface area contributed by atoms with Gasteiger partial charge < -0.3 is 25.8 Å². The summed E-state index contributed by atoms with van der Waals surface area (Å²) in [6.07, 6.45) is 0.783. The Morgan fingerprint density at radius 1 is 0.946 bits per heavy atom. The first kappa shape index (κ1) is 25.0. The van der Waals surface area contributed by atoms with Crippen LogP contribution in [0.3, 0.4) is 0 Å². The minimum absolute atomic E-state index is 0.0483. The number of carbonyl (C=O) groups excluding carboxylic acids is 1. The second kappa shape index (κ2) is 11.6. The fourth-order valence-corrected chi connectivity index (χ4v) is 5.09. The summed E-state index contributed by atoms with van der Waals surface area (Å²) in [7, 11) is 2.17. The Morgan fingerprint density at radius 2 is 1.70 bits per heavy atom. The van der Waals surface area contributed by atoms with Gasteiger partial charge in [0, 0.05) is 56.2 Å². The van der Waals surface area contributed by atoms with Crippen LogP contribution in [0.1, 0.15) is 22.3 Å². The number of nitrogens with one attached hydrogen (secondary N) is 3. The number of piperazine rings is 1. The number of carbonyl (C=O) groups is 1. The Labute approximate surface area is 221 Å². The monoisotopic (exact) mass is 515 g/mol. The number of amides is 1. The van der Waals surface area contributed by atoms with E-state index in [9.17, 15) is 4.79 Å². The smallest absolute Gasteiger partial charge is 0.251 e. The van der Waals surface area contributed by atoms with Gasteiger partial charge in [-0.2, -0.15) is 4.98 Å². The highest BCUT2D eigenvalue weighted by atomic mass is 32.1. The third kappa shape index (κ3) is 6.36. The molecule has 37 heavy (non-hydrogen) atoms. The van der Waals surface area contributed by atoms with E-state index < -0.39 is 0 Å². The van der Waals surface area contributed by atoms with Crippen LogP contribution in [0.4, 0.5) is 23.1 Å². The zero-order chi connectivity index (χ0) is 25.6. The number of likely N-dealkylation sites (N-methyl/N-ethyl adjacent to an activating group) is 1. The summed E-state index contributed by atoms with van der Waals surface area (Å²) in [4.78, 5) is 26.5. The van der Waals surface area contributed by atoms with Crippen LogP contribution >= 0.6 is 11.3 Å². The lowest BCUT2D eigenvalue weighted by Gasteiger charge is -2.34. The number of aryl methyl sites for hydroxylation is 1. The van der Waals surface area contributed by atoms with Gasteiger partial charge in [-0.1, -0.05) is 17.7 Å². The second-order valence-electron chi connectivity index (χ2n) is 9.40. The number of hydrogen-bond donors (Lipinski definition) is 3. The standard InChI is InChI=1S/C28H33N7OS/c1-20-4-6-21(7-5-20)27(36)30-14-3-13-29-26-25-24(12-19-37-25)32-28(33-26)31-22-8-10-23(11-9-22)35-17-15-34(2)16-18-35/h4-12,19H,3,13-18H2,1-2H3,(H,30,36)(H2,29,31,32,33). The first-order valence-corrected chi connectivity index (χ1v) is 13.6. The molecule has 0 saturated carbocycles. The van der Waals surface area contributed by atoms with E-state index in [2.05, 4.69) is 57.1 Å². The Balaban J connectivity index is 1.16. The van der Waals surface area contributed by atoms with Crippen LogP contribution < -0.4 is 20.9 Å². The van der Waals surface area contributed by atoms with Crippen molar-refractivity contribution in [2.45, 2.75) is 13.3 Å². The van der Waals surface area contributed by atoms with E-state index in [1.807, 2.05) is 42.6 Å². The zero-order valence-corrected chi connectivity index (χ0v) is 22.1. The fourth-order valence-electron chi connectivity index (χ4n) is 4.29. The maximum Gasteiger partial charge on any atom is 0.251 e. The SMILES string of the molecule is Cc1ccc(C(=O)NCCCNc2nc(Nc3ccc(N4CCN(C)CC4)cc3)nc3ccsc23)cc1. The highest BCUT2D eigenvalue weighted by Crippen LogP contribution is 2.29. The lowest BCUT2D eigenvalue weighted by molar-refractivity contribution is 0.0953. The topological polar surface area (TPSA) is 85.4 Å². The van der Waals surface area contributed by atoms with Crippen LogP contribution in [0.2, 0.25) is 0 Å². The van der Waals surface area contributed by atoms with Crippen molar-refractivity contribution >= 4 is 50.6 Å². The van der Waals surface area contributed by atoms with Gasteiger partial charge in [0.1, 0.15) is 5.82 Å². The summed E-state index contributed by atoms with van der Waals surface area (Å²) in [5, 5.41) is 11.8. The number of anilines is 4. The lowest BCUT2D eigenvalue weighted by atomic mass is 10.1. The van der Waals surface area contributed by atoms with E-state index in [-0.39, 0.29) is 5.91 Å². The van der Waals surface area contributed by atoms with Gasteiger partial charge in [-0.05, 0) is 68.2 Å². The lowest BCUT2D eigenvalue weighted by Crippen LogP contribution is -2.44. The molecule has 3 heterocycles. The maximum absolute atomic E-state index is 12.3. The predicted molar refractivity (Wildman–Crippen MR) is 153 cm³/mol. The number of benzene rings is 2. The molecule has 4 aromatic rings. The molecule has 1 aliphatic heterocycles. The summed E-state index contributed by atoms with van der Waals surface area (Å²) in [5.74, 6) is 1.32. The molecule has 0 atom stereocenters. The minimum atomic E-state index is -0.0483. The second-order valence-corrected chi connectivity index (χ2v) is 10.3. The Kier molecular flexibility index (Phi) is 7.82. The summed E-state index contributed by atoms with van der Waals surface area (Å²) >= 11 is 1.62. The molecule has 0 aliphatic carbocycles. The number of fused-ring (bicyclic) bond motifs is 1. The number of nitrogens with zero attached hydrogens (tertiary/aromatic N) is 4. The van der Waals surface area contributed by atoms with Crippen LogP contribution in [0, 0.1) is 6.92 Å². The normalized spacial score (nSPS) is 14.1. The largest absolute Gasteiger partial charge is 0.369 e. The molecule has 3 N–H and O–H groups in total. The Bertz CT molecular complexity index is 1330. The first-order valence-electron chi connectivity index (χ1n) is 12.7. The van der Waals surface area contributed by atoms with Gasteiger partial charge in [-0.25, -0.2) is 4.98 Å². The molecule has 2 aromatic heterocycles. The van der Waals surface area contributed by atoms with Gasteiger partial charge in [-0.3, -0.25) is 4.79 Å². The number of hydrogen-bond acceptors (Lipinski definition) is 8. The summed E-state index contributed by atoms with van der Waals surface area (Å²) in [6, 6.07) is 18.1. The van der Waals surface area contributed by atoms with Crippen molar-refractivity contribution in [1.82, 2.24) is 20.2 Å². The third-order valence-electron chi connectivity index (χ3n) is 6.54. The predicted octanol–water partition coefficient (Wildman–Crippen LogP) is 4.73. The van der Waals surface area contributed by atoms with Gasteiger partial charge in [0.15, 0.2) is 0 Å². The van der Waals surface area contributed by atoms with Crippen molar-refractivity contribution in [3.63, 3.8) is 0 Å². The van der Waals surface area contributed by atoms with E-state index in [1.54, 1.807) is 11.3 Å². The maximum atomic E-state index is 12.3. The third-order valence-corrected chi connectivity index (χ3v) is 7.45. The van der Waals surface area contributed by atoms with E-state index >= 15 is 0 Å². The van der Waals surface area contributed by atoms with Crippen LogP contribution in [-0.2, 0) is 0 Å². The van der Waals surface area contributed by atoms with Gasteiger partial charge in [0.25, 0.3) is 5.91 Å². The van der Waals surface area contributed by atoms with Crippen LogP contribution in [0.25, 0.3) is 10.2 Å². The Morgan fingerprint density at radius 3 is 2.46 bits per heavy atom. The molecule has 2 aromatic carbocycles. The van der Waals surface area contributed by atoms with E-state index in [0.717, 1.165) is 59.9 Å². The van der Waals surface area contributed by atoms with E-state index in [1.165, 1.54) is 5.69 Å². The fraction of sp³-hybridized carbons (Fsp3) is 0.321. The van der Waals surface area contributed by atoms with Crippen molar-refractivity contribution < 1.29 is 4.79 Å². The van der Waals surface area contributed by atoms with E-state index in [4.69, 9.17) is 9.97 Å². The molecule has 0 spiro atoms. The quantitative estimate of drug-likeness (QED) is 0.278. The molecular formula is C28H33N7OS. The van der Waals surface area contributed by atoms with Crippen molar-refractivity contribution in [2.24, 2.45) is 0 Å². The van der Waals surface area contributed by atoms with Crippen LogP contribution in [-0.4, -0.2) is 67.1 Å². The molecule has 8 nitrogen and oxygen atoms in total. The van der Waals surface area contributed by atoms with Gasteiger partial charge in [-0.15, -0.1) is 11.3 Å². The van der Waals surface area contributed by atoms with Gasteiger partial charge in [0.2, 0.25) is 5.95 Å².